The average molecular weight is 948 g/mol. The summed E-state index contributed by atoms with van der Waals surface area (Å²) in [5, 5.41) is 36.5. The molecule has 0 unspecified atom stereocenters. The van der Waals surface area contributed by atoms with Gasteiger partial charge < -0.3 is 31.5 Å². The minimum absolute atomic E-state index is 0.0410. The molecule has 0 radical (unpaired) electrons. The van der Waals surface area contributed by atoms with Gasteiger partial charge in [-0.2, -0.15) is 51.9 Å². The molecule has 7 aromatic rings. The summed E-state index contributed by atoms with van der Waals surface area (Å²) in [5.41, 5.74) is 8.19. The van der Waals surface area contributed by atoms with Crippen LogP contribution in [0.1, 0.15) is 16.7 Å². The lowest BCUT2D eigenvalue weighted by molar-refractivity contribution is 0.379. The first-order valence-corrected chi connectivity index (χ1v) is 21.8. The Bertz CT molecular complexity index is 3290. The van der Waals surface area contributed by atoms with E-state index >= 15 is 0 Å². The summed E-state index contributed by atoms with van der Waals surface area (Å²) in [7, 11) is -8.53. The van der Waals surface area contributed by atoms with E-state index in [1.807, 2.05) is 31.2 Å². The number of aryl methyl sites for hydroxylation is 3. The standard InChI is InChI=1S/C38H32Cl2N14O8S2/c1-17-5-8-21(9-6-17)42-35-45-33(39)46-36(49-35)43-23-11-12-26(63(56,57)58)25(16-23)52-53-30-19(3)13-20-14-27(64(59,60)61)31(29(41)28(20)32(30)55)54-51-24-15-22(10-7-18(24)2)44-37-47-34(40)48-38(50-37)62-4/h5-16,55H,41H2,1-4H3,(H,56,57,58)(H,59,60,61)(H,44,47,48,50)(H2,42,43,45,46,49). The van der Waals surface area contributed by atoms with Crippen LogP contribution in [0.15, 0.2) is 103 Å². The second-order valence-electron chi connectivity index (χ2n) is 13.6. The monoisotopic (exact) mass is 946 g/mol. The largest absolute Gasteiger partial charge is 0.505 e. The number of aromatic nitrogens is 6. The Kier molecular flexibility index (Phi) is 12.5. The third-order valence-corrected chi connectivity index (χ3v) is 11.1. The van der Waals surface area contributed by atoms with Crippen LogP contribution in [0, 0.1) is 20.8 Å². The zero-order valence-electron chi connectivity index (χ0n) is 33.4. The number of aromatic hydroxyl groups is 1. The van der Waals surface area contributed by atoms with Crippen molar-refractivity contribution in [2.45, 2.75) is 30.6 Å². The predicted octanol–water partition coefficient (Wildman–Crippen LogP) is 9.29. The van der Waals surface area contributed by atoms with E-state index in [2.05, 4.69) is 66.3 Å². The van der Waals surface area contributed by atoms with E-state index in [-0.39, 0.29) is 67.8 Å². The smallest absolute Gasteiger partial charge is 0.322 e. The molecule has 0 amide bonds. The van der Waals surface area contributed by atoms with Crippen molar-refractivity contribution in [2.75, 3.05) is 28.8 Å². The lowest BCUT2D eigenvalue weighted by Gasteiger charge is -2.14. The van der Waals surface area contributed by atoms with Gasteiger partial charge >= 0.3 is 6.01 Å². The number of benzene rings is 5. The molecule has 328 valence electrons. The number of azo groups is 2. The first-order chi connectivity index (χ1) is 30.2. The number of hydrogen-bond acceptors (Lipinski definition) is 20. The maximum absolute atomic E-state index is 12.7. The summed E-state index contributed by atoms with van der Waals surface area (Å²) in [5.74, 6) is -0.533. The molecule has 0 bridgehead atoms. The van der Waals surface area contributed by atoms with Gasteiger partial charge in [0.1, 0.15) is 26.9 Å². The number of ether oxygens (including phenoxy) is 1. The van der Waals surface area contributed by atoms with Gasteiger partial charge in [-0.15, -0.1) is 15.3 Å². The number of fused-ring (bicyclic) bond motifs is 1. The Morgan fingerprint density at radius 1 is 0.609 bits per heavy atom. The quantitative estimate of drug-likeness (QED) is 0.0321. The van der Waals surface area contributed by atoms with E-state index in [0.29, 0.717) is 16.9 Å². The van der Waals surface area contributed by atoms with Crippen LogP contribution >= 0.6 is 23.2 Å². The van der Waals surface area contributed by atoms with Crippen molar-refractivity contribution in [3.05, 3.63) is 100 Å². The van der Waals surface area contributed by atoms with Gasteiger partial charge in [-0.05, 0) is 115 Å². The first-order valence-electron chi connectivity index (χ1n) is 18.1. The van der Waals surface area contributed by atoms with E-state index < -0.39 is 52.8 Å². The SMILES string of the molecule is COc1nc(Cl)nc(Nc2ccc(C)c(N=Nc3c(S(=O)(=O)O)cc4cc(C)c(N=Nc5cc(Nc6nc(Cl)nc(Nc7ccc(C)cc7)n6)ccc5S(=O)(=O)O)c(O)c4c3N)c2)n1. The van der Waals surface area contributed by atoms with E-state index in [0.717, 1.165) is 17.7 Å². The second kappa shape index (κ2) is 17.9. The molecular weight excluding hydrogens is 916 g/mol. The molecule has 0 spiro atoms. The number of anilines is 7. The number of rotatable bonds is 13. The van der Waals surface area contributed by atoms with Gasteiger partial charge in [-0.1, -0.05) is 23.8 Å². The summed E-state index contributed by atoms with van der Waals surface area (Å²) in [6.45, 7) is 5.12. The molecule has 0 fully saturated rings. The first kappa shape index (κ1) is 44.8. The minimum atomic E-state index is -5.00. The molecule has 0 aliphatic carbocycles. The van der Waals surface area contributed by atoms with Gasteiger partial charge in [0.2, 0.25) is 28.4 Å². The van der Waals surface area contributed by atoms with E-state index in [4.69, 9.17) is 33.7 Å². The number of phenolic OH excluding ortho intramolecular Hbond substituents is 1. The third-order valence-electron chi connectivity index (χ3n) is 8.98. The van der Waals surface area contributed by atoms with Crippen LogP contribution in [0.25, 0.3) is 10.8 Å². The van der Waals surface area contributed by atoms with Crippen molar-refractivity contribution >= 4 is 118 Å². The molecule has 0 saturated heterocycles. The van der Waals surface area contributed by atoms with E-state index in [1.54, 1.807) is 19.1 Å². The van der Waals surface area contributed by atoms with Gasteiger partial charge in [-0.3, -0.25) is 9.11 Å². The topological polar surface area (TPSA) is 327 Å². The Labute approximate surface area is 373 Å². The highest BCUT2D eigenvalue weighted by Gasteiger charge is 2.25. The molecule has 5 aromatic carbocycles. The Hall–Kier alpha value is -7.22. The third kappa shape index (κ3) is 10.2. The normalized spacial score (nSPS) is 12.0. The molecule has 0 aliphatic heterocycles. The fourth-order valence-electron chi connectivity index (χ4n) is 5.96. The maximum atomic E-state index is 12.7. The van der Waals surface area contributed by atoms with Gasteiger partial charge in [0.15, 0.2) is 5.75 Å². The highest BCUT2D eigenvalue weighted by atomic mass is 35.5. The molecular formula is C38H32Cl2N14O8S2. The highest BCUT2D eigenvalue weighted by Crippen LogP contribution is 2.47. The van der Waals surface area contributed by atoms with Crippen molar-refractivity contribution in [1.82, 2.24) is 29.9 Å². The number of phenols is 1. The van der Waals surface area contributed by atoms with Crippen LogP contribution in [0.5, 0.6) is 11.8 Å². The van der Waals surface area contributed by atoms with Crippen LogP contribution in [0.4, 0.5) is 63.3 Å². The molecule has 26 heteroatoms. The molecule has 0 atom stereocenters. The van der Waals surface area contributed by atoms with Crippen molar-refractivity contribution in [1.29, 1.82) is 0 Å². The summed E-state index contributed by atoms with van der Waals surface area (Å²) >= 11 is 12.1. The second-order valence-corrected chi connectivity index (χ2v) is 17.0. The van der Waals surface area contributed by atoms with Crippen molar-refractivity contribution in [2.24, 2.45) is 20.5 Å². The van der Waals surface area contributed by atoms with E-state index in [1.165, 1.54) is 38.3 Å². The van der Waals surface area contributed by atoms with Crippen LogP contribution < -0.4 is 26.4 Å². The number of nitrogens with one attached hydrogen (secondary N) is 3. The molecule has 0 saturated carbocycles. The molecule has 2 heterocycles. The summed E-state index contributed by atoms with van der Waals surface area (Å²) < 4.78 is 75.6. The number of nitrogens with zero attached hydrogens (tertiary/aromatic N) is 10. The number of hydrogen-bond donors (Lipinski definition) is 7. The average Bonchev–Trinajstić information content (AvgIpc) is 3.21. The van der Waals surface area contributed by atoms with E-state index in [9.17, 15) is 31.0 Å². The van der Waals surface area contributed by atoms with Gasteiger partial charge in [0.05, 0.1) is 23.9 Å². The Morgan fingerprint density at radius 3 is 1.77 bits per heavy atom. The number of methoxy groups -OCH3 is 1. The molecule has 22 nitrogen and oxygen atoms in total. The zero-order valence-corrected chi connectivity index (χ0v) is 36.6. The number of nitrogens with two attached hydrogens (primary N) is 1. The number of nitrogen functional groups attached to an aromatic ring is 1. The molecule has 8 N–H and O–H groups in total. The predicted molar refractivity (Wildman–Crippen MR) is 238 cm³/mol. The Balaban J connectivity index is 1.25. The Morgan fingerprint density at radius 2 is 1.14 bits per heavy atom. The van der Waals surface area contributed by atoms with Crippen molar-refractivity contribution < 1.29 is 35.8 Å². The minimum Gasteiger partial charge on any atom is -0.505 e. The van der Waals surface area contributed by atoms with Crippen LogP contribution in [-0.4, -0.2) is 68.1 Å². The fraction of sp³-hybridized carbons (Fsp3) is 0.105. The lowest BCUT2D eigenvalue weighted by atomic mass is 10.0. The van der Waals surface area contributed by atoms with Crippen LogP contribution in [0.2, 0.25) is 10.6 Å². The van der Waals surface area contributed by atoms with Gasteiger partial charge in [0, 0.05) is 17.1 Å². The summed E-state index contributed by atoms with van der Waals surface area (Å²) in [4.78, 5) is 23.0. The number of halogens is 2. The van der Waals surface area contributed by atoms with Crippen molar-refractivity contribution in [3.63, 3.8) is 0 Å². The van der Waals surface area contributed by atoms with Crippen molar-refractivity contribution in [3.8, 4) is 11.8 Å². The summed E-state index contributed by atoms with van der Waals surface area (Å²) in [6, 6.07) is 18.2. The van der Waals surface area contributed by atoms with Gasteiger partial charge in [0.25, 0.3) is 20.2 Å². The maximum Gasteiger partial charge on any atom is 0.322 e. The highest BCUT2D eigenvalue weighted by molar-refractivity contribution is 7.86. The fourth-order valence-corrected chi connectivity index (χ4v) is 7.55. The van der Waals surface area contributed by atoms with Crippen LogP contribution in [-0.2, 0) is 20.2 Å². The molecule has 64 heavy (non-hydrogen) atoms. The van der Waals surface area contributed by atoms with Crippen LogP contribution in [0.3, 0.4) is 0 Å². The molecule has 0 aliphatic rings. The lowest BCUT2D eigenvalue weighted by Crippen LogP contribution is -2.04. The molecule has 2 aromatic heterocycles. The summed E-state index contributed by atoms with van der Waals surface area (Å²) in [6.07, 6.45) is 0. The van der Waals surface area contributed by atoms with Gasteiger partial charge in [-0.25, -0.2) is 0 Å². The molecule has 7 rings (SSSR count). The zero-order chi connectivity index (χ0) is 46.1.